The van der Waals surface area contributed by atoms with Crippen molar-refractivity contribution in [1.82, 2.24) is 0 Å². The van der Waals surface area contributed by atoms with Gasteiger partial charge in [-0.1, -0.05) is 11.6 Å². The van der Waals surface area contributed by atoms with Crippen molar-refractivity contribution in [2.45, 2.75) is 6.04 Å². The lowest BCUT2D eigenvalue weighted by molar-refractivity contribution is -0.117. The van der Waals surface area contributed by atoms with Gasteiger partial charge in [-0.15, -0.1) is 0 Å². The van der Waals surface area contributed by atoms with Gasteiger partial charge in [0.05, 0.1) is 11.4 Å². The van der Waals surface area contributed by atoms with E-state index in [0.717, 1.165) is 29.4 Å². The van der Waals surface area contributed by atoms with Crippen molar-refractivity contribution in [3.63, 3.8) is 0 Å². The van der Waals surface area contributed by atoms with Crippen LogP contribution in [0.1, 0.15) is 0 Å². The number of rotatable bonds is 0. The van der Waals surface area contributed by atoms with Gasteiger partial charge in [0.2, 0.25) is 5.91 Å². The molecule has 1 fully saturated rings. The number of anilines is 2. The summed E-state index contributed by atoms with van der Waals surface area (Å²) in [5, 5.41) is 3.65. The summed E-state index contributed by atoms with van der Waals surface area (Å²) in [5.41, 5.74) is 1.93. The molecule has 1 atom stereocenters. The highest BCUT2D eigenvalue weighted by Gasteiger charge is 2.34. The molecule has 0 bridgehead atoms. The zero-order valence-electron chi connectivity index (χ0n) is 8.57. The second kappa shape index (κ2) is 3.86. The van der Waals surface area contributed by atoms with E-state index >= 15 is 0 Å². The van der Waals surface area contributed by atoms with Crippen LogP contribution in [-0.4, -0.2) is 30.0 Å². The van der Waals surface area contributed by atoms with Crippen molar-refractivity contribution in [3.05, 3.63) is 23.2 Å². The molecule has 0 spiro atoms. The van der Waals surface area contributed by atoms with Crippen LogP contribution >= 0.6 is 23.4 Å². The molecule has 1 aromatic carbocycles. The highest BCUT2D eigenvalue weighted by atomic mass is 35.5. The van der Waals surface area contributed by atoms with Gasteiger partial charge in [-0.3, -0.25) is 4.79 Å². The van der Waals surface area contributed by atoms with E-state index in [1.54, 1.807) is 6.07 Å². The molecule has 2 heterocycles. The van der Waals surface area contributed by atoms with E-state index in [9.17, 15) is 4.79 Å². The molecule has 1 aromatic rings. The first kappa shape index (κ1) is 10.3. The number of nitrogens with one attached hydrogen (secondary N) is 1. The second-order valence-electron chi connectivity index (χ2n) is 3.93. The Balaban J connectivity index is 2.07. The van der Waals surface area contributed by atoms with Gasteiger partial charge in [-0.25, -0.2) is 0 Å². The molecule has 2 aliphatic rings. The summed E-state index contributed by atoms with van der Waals surface area (Å²) in [5.74, 6) is 2.02. The van der Waals surface area contributed by atoms with E-state index in [2.05, 4.69) is 10.2 Å². The molecule has 1 unspecified atom stereocenters. The minimum Gasteiger partial charge on any atom is -0.356 e. The van der Waals surface area contributed by atoms with Crippen molar-refractivity contribution >= 4 is 40.6 Å². The number of nitrogens with zero attached hydrogens (tertiary/aromatic N) is 1. The zero-order chi connectivity index (χ0) is 11.1. The van der Waals surface area contributed by atoms with Crippen LogP contribution < -0.4 is 10.2 Å². The molecule has 3 rings (SSSR count). The highest BCUT2D eigenvalue weighted by molar-refractivity contribution is 7.99. The molecule has 3 nitrogen and oxygen atoms in total. The smallest absolute Gasteiger partial charge is 0.247 e. The standard InChI is InChI=1S/C11H11ClN2OS/c12-7-1-2-8-9(5-7)14-3-4-16-6-10(14)11(15)13-8/h1-2,5,10H,3-4,6H2,(H,13,15). The van der Waals surface area contributed by atoms with Crippen molar-refractivity contribution in [3.8, 4) is 0 Å². The number of benzene rings is 1. The fourth-order valence-corrected chi connectivity index (χ4v) is 3.39. The minimum atomic E-state index is -0.0373. The number of thioether (sulfide) groups is 1. The van der Waals surface area contributed by atoms with Gasteiger partial charge in [0.25, 0.3) is 0 Å². The van der Waals surface area contributed by atoms with Gasteiger partial charge in [-0.2, -0.15) is 11.8 Å². The van der Waals surface area contributed by atoms with Crippen LogP contribution in [0.25, 0.3) is 0 Å². The average Bonchev–Trinajstić information content (AvgIpc) is 2.31. The van der Waals surface area contributed by atoms with E-state index < -0.39 is 0 Å². The molecule has 0 aliphatic carbocycles. The molecule has 0 radical (unpaired) electrons. The monoisotopic (exact) mass is 254 g/mol. The van der Waals surface area contributed by atoms with Crippen LogP contribution in [0.3, 0.4) is 0 Å². The third-order valence-corrected chi connectivity index (χ3v) is 4.22. The van der Waals surface area contributed by atoms with E-state index in [4.69, 9.17) is 11.6 Å². The van der Waals surface area contributed by atoms with Crippen LogP contribution in [0, 0.1) is 0 Å². The fourth-order valence-electron chi connectivity index (χ4n) is 2.17. The first-order chi connectivity index (χ1) is 7.75. The predicted molar refractivity (Wildman–Crippen MR) is 68.5 cm³/mol. The van der Waals surface area contributed by atoms with Crippen LogP contribution in [0.5, 0.6) is 0 Å². The van der Waals surface area contributed by atoms with Crippen molar-refractivity contribution in [1.29, 1.82) is 0 Å². The molecule has 0 saturated carbocycles. The number of carbonyl (C=O) groups excluding carboxylic acids is 1. The third-order valence-electron chi connectivity index (χ3n) is 2.96. The summed E-state index contributed by atoms with van der Waals surface area (Å²) in [6.45, 7) is 0.913. The SMILES string of the molecule is O=C1Nc2ccc(Cl)cc2N2CCSCC12. The van der Waals surface area contributed by atoms with Gasteiger partial charge in [0, 0.05) is 23.1 Å². The predicted octanol–water partition coefficient (Wildman–Crippen LogP) is 2.21. The number of carbonyl (C=O) groups is 1. The van der Waals surface area contributed by atoms with Crippen LogP contribution in [0.15, 0.2) is 18.2 Å². The molecule has 84 valence electrons. The largest absolute Gasteiger partial charge is 0.356 e. The maximum Gasteiger partial charge on any atom is 0.247 e. The molecule has 16 heavy (non-hydrogen) atoms. The molecule has 1 amide bonds. The molecular formula is C11H11ClN2OS. The lowest BCUT2D eigenvalue weighted by atomic mass is 10.1. The summed E-state index contributed by atoms with van der Waals surface area (Å²) in [6.07, 6.45) is 0. The summed E-state index contributed by atoms with van der Waals surface area (Å²) in [7, 11) is 0. The van der Waals surface area contributed by atoms with Gasteiger partial charge < -0.3 is 10.2 Å². The van der Waals surface area contributed by atoms with Crippen molar-refractivity contribution in [2.75, 3.05) is 28.3 Å². The van der Waals surface area contributed by atoms with Gasteiger partial charge in [-0.05, 0) is 18.2 Å². The number of hydrogen-bond donors (Lipinski definition) is 1. The van der Waals surface area contributed by atoms with E-state index in [-0.39, 0.29) is 11.9 Å². The molecular weight excluding hydrogens is 244 g/mol. The zero-order valence-corrected chi connectivity index (χ0v) is 10.1. The van der Waals surface area contributed by atoms with Crippen LogP contribution in [-0.2, 0) is 4.79 Å². The summed E-state index contributed by atoms with van der Waals surface area (Å²) in [4.78, 5) is 14.0. The second-order valence-corrected chi connectivity index (χ2v) is 5.52. The molecule has 0 aromatic heterocycles. The summed E-state index contributed by atoms with van der Waals surface area (Å²) in [6, 6.07) is 5.57. The number of amides is 1. The highest BCUT2D eigenvalue weighted by Crippen LogP contribution is 2.36. The Labute approximate surface area is 103 Å². The number of hydrogen-bond acceptors (Lipinski definition) is 3. The average molecular weight is 255 g/mol. The fraction of sp³-hybridized carbons (Fsp3) is 0.364. The normalized spacial score (nSPS) is 23.4. The van der Waals surface area contributed by atoms with Crippen LogP contribution in [0.4, 0.5) is 11.4 Å². The maximum atomic E-state index is 11.9. The van der Waals surface area contributed by atoms with Gasteiger partial charge in [0.1, 0.15) is 6.04 Å². The Bertz CT molecular complexity index is 452. The van der Waals surface area contributed by atoms with Crippen molar-refractivity contribution in [2.24, 2.45) is 0 Å². The molecule has 1 saturated heterocycles. The van der Waals surface area contributed by atoms with E-state index in [1.807, 2.05) is 23.9 Å². The van der Waals surface area contributed by atoms with E-state index in [1.165, 1.54) is 0 Å². The van der Waals surface area contributed by atoms with Crippen molar-refractivity contribution < 1.29 is 4.79 Å². The third kappa shape index (κ3) is 1.57. The molecule has 5 heteroatoms. The Morgan fingerprint density at radius 1 is 1.50 bits per heavy atom. The minimum absolute atomic E-state index is 0.0373. The van der Waals surface area contributed by atoms with Gasteiger partial charge in [0.15, 0.2) is 0 Å². The molecule has 2 aliphatic heterocycles. The lowest BCUT2D eigenvalue weighted by Gasteiger charge is -2.40. The lowest BCUT2D eigenvalue weighted by Crippen LogP contribution is -2.52. The molecule has 1 N–H and O–H groups in total. The maximum absolute atomic E-state index is 11.9. The Hall–Kier alpha value is -0.870. The summed E-state index contributed by atoms with van der Waals surface area (Å²) >= 11 is 7.83. The first-order valence-electron chi connectivity index (χ1n) is 5.20. The number of halogens is 1. The number of fused-ring (bicyclic) bond motifs is 3. The Morgan fingerprint density at radius 3 is 3.25 bits per heavy atom. The Kier molecular flexibility index (Phi) is 2.48. The summed E-state index contributed by atoms with van der Waals surface area (Å²) < 4.78 is 0. The first-order valence-corrected chi connectivity index (χ1v) is 6.74. The van der Waals surface area contributed by atoms with Gasteiger partial charge >= 0.3 is 0 Å². The Morgan fingerprint density at radius 2 is 2.38 bits per heavy atom. The topological polar surface area (TPSA) is 32.3 Å². The van der Waals surface area contributed by atoms with Crippen LogP contribution in [0.2, 0.25) is 5.02 Å². The van der Waals surface area contributed by atoms with E-state index in [0.29, 0.717) is 5.02 Å². The quantitative estimate of drug-likeness (QED) is 0.771.